The maximum absolute atomic E-state index is 14.5. The summed E-state index contributed by atoms with van der Waals surface area (Å²) in [5.74, 6) is 0.908. The molecule has 1 aliphatic heterocycles. The van der Waals surface area contributed by atoms with Crippen molar-refractivity contribution in [3.8, 4) is 11.1 Å². The number of anilines is 1. The monoisotopic (exact) mass is 552 g/mol. The number of cyclic esters (lactones) is 1. The Kier molecular flexibility index (Phi) is 6.81. The van der Waals surface area contributed by atoms with Crippen LogP contribution >= 0.6 is 11.6 Å². The number of ether oxygens (including phenoxy) is 2. The van der Waals surface area contributed by atoms with Gasteiger partial charge < -0.3 is 18.6 Å². The van der Waals surface area contributed by atoms with Gasteiger partial charge in [0.1, 0.15) is 23.4 Å². The fourth-order valence-electron chi connectivity index (χ4n) is 6.07. The number of imidazole rings is 1. The summed E-state index contributed by atoms with van der Waals surface area (Å²) in [5, 5.41) is 4.11. The van der Waals surface area contributed by atoms with Crippen LogP contribution in [0, 0.1) is 19.7 Å². The highest BCUT2D eigenvalue weighted by Gasteiger charge is 2.38. The van der Waals surface area contributed by atoms with E-state index in [2.05, 4.69) is 27.9 Å². The van der Waals surface area contributed by atoms with Crippen molar-refractivity contribution in [3.63, 3.8) is 0 Å². The molecule has 3 heterocycles. The lowest BCUT2D eigenvalue weighted by molar-refractivity contribution is 0.0582. The van der Waals surface area contributed by atoms with E-state index in [1.165, 1.54) is 17.0 Å². The van der Waals surface area contributed by atoms with E-state index in [4.69, 9.17) is 30.6 Å². The number of benzene rings is 2. The molecule has 1 unspecified atom stereocenters. The van der Waals surface area contributed by atoms with E-state index >= 15 is 0 Å². The average molecular weight is 553 g/mol. The predicted molar refractivity (Wildman–Crippen MR) is 146 cm³/mol. The Morgan fingerprint density at radius 1 is 1.08 bits per heavy atom. The van der Waals surface area contributed by atoms with Crippen molar-refractivity contribution < 1.29 is 23.2 Å². The van der Waals surface area contributed by atoms with E-state index in [1.807, 2.05) is 13.8 Å². The number of halogens is 2. The molecule has 2 fully saturated rings. The van der Waals surface area contributed by atoms with Gasteiger partial charge in [-0.1, -0.05) is 22.8 Å². The van der Waals surface area contributed by atoms with Crippen LogP contribution in [-0.2, 0) is 9.47 Å². The van der Waals surface area contributed by atoms with Crippen LogP contribution in [0.2, 0.25) is 5.02 Å². The van der Waals surface area contributed by atoms with Crippen molar-refractivity contribution in [3.05, 3.63) is 64.5 Å². The van der Waals surface area contributed by atoms with Crippen molar-refractivity contribution in [1.82, 2.24) is 14.7 Å². The summed E-state index contributed by atoms with van der Waals surface area (Å²) < 4.78 is 33.2. The van der Waals surface area contributed by atoms with Crippen molar-refractivity contribution >= 4 is 34.4 Å². The van der Waals surface area contributed by atoms with Crippen LogP contribution in [0.25, 0.3) is 22.2 Å². The highest BCUT2D eigenvalue weighted by atomic mass is 35.5. The molecule has 2 aromatic heterocycles. The van der Waals surface area contributed by atoms with E-state index in [0.29, 0.717) is 12.1 Å². The number of fused-ring (bicyclic) bond motifs is 1. The highest BCUT2D eigenvalue weighted by Crippen LogP contribution is 2.41. The standard InChI is InChI=1S/C29H30ClFN4O4/c1-16-27(17(2)39-33-16)18-4-11-25-24(14-18)32-28(34(25)19-5-8-21(37-3)9-6-19)26-12-13-38-29(36)35(26)20-7-10-22(30)23(31)15-20/h4,7,10-11,14-15,19,21,26H,5-6,8-9,12-13H2,1-3H3. The van der Waals surface area contributed by atoms with Gasteiger partial charge in [-0.2, -0.15) is 0 Å². The zero-order chi connectivity index (χ0) is 27.3. The van der Waals surface area contributed by atoms with Gasteiger partial charge in [-0.15, -0.1) is 0 Å². The Bertz CT molecular complexity index is 1520. The molecule has 1 saturated carbocycles. The van der Waals surface area contributed by atoms with Crippen molar-refractivity contribution in [2.24, 2.45) is 0 Å². The minimum atomic E-state index is -0.596. The molecule has 0 radical (unpaired) electrons. The number of amides is 1. The normalized spacial score (nSPS) is 21.9. The number of hydrogen-bond donors (Lipinski definition) is 0. The number of aromatic nitrogens is 3. The van der Waals surface area contributed by atoms with Crippen molar-refractivity contribution in [2.75, 3.05) is 18.6 Å². The highest BCUT2D eigenvalue weighted by molar-refractivity contribution is 6.30. The third kappa shape index (κ3) is 4.57. The molecule has 0 spiro atoms. The van der Waals surface area contributed by atoms with E-state index in [1.54, 1.807) is 13.2 Å². The predicted octanol–water partition coefficient (Wildman–Crippen LogP) is 7.32. The number of methoxy groups -OCH3 is 1. The molecule has 1 amide bonds. The van der Waals surface area contributed by atoms with Crippen LogP contribution in [-0.4, -0.2) is 40.6 Å². The van der Waals surface area contributed by atoms with Gasteiger partial charge >= 0.3 is 6.09 Å². The summed E-state index contributed by atoms with van der Waals surface area (Å²) in [6, 6.07) is 10.3. The molecular weight excluding hydrogens is 523 g/mol. The number of aryl methyl sites for hydroxylation is 2. The minimum absolute atomic E-state index is 0.00493. The maximum atomic E-state index is 14.5. The summed E-state index contributed by atoms with van der Waals surface area (Å²) >= 11 is 5.95. The lowest BCUT2D eigenvalue weighted by atomic mass is 9.92. The quantitative estimate of drug-likeness (QED) is 0.258. The van der Waals surface area contributed by atoms with Gasteiger partial charge in [0.25, 0.3) is 0 Å². The van der Waals surface area contributed by atoms with E-state index in [0.717, 1.165) is 65.1 Å². The number of hydrogen-bond acceptors (Lipinski definition) is 6. The molecule has 0 bridgehead atoms. The number of carbonyl (C=O) groups is 1. The Labute approximate surface area is 230 Å². The average Bonchev–Trinajstić information content (AvgIpc) is 3.48. The molecule has 204 valence electrons. The van der Waals surface area contributed by atoms with Gasteiger partial charge in [0.05, 0.1) is 40.1 Å². The molecule has 0 N–H and O–H groups in total. The Balaban J connectivity index is 1.50. The maximum Gasteiger partial charge on any atom is 0.414 e. The fourth-order valence-corrected chi connectivity index (χ4v) is 6.19. The van der Waals surface area contributed by atoms with Gasteiger partial charge in [-0.25, -0.2) is 14.2 Å². The summed E-state index contributed by atoms with van der Waals surface area (Å²) in [6.45, 7) is 4.07. The molecule has 1 atom stereocenters. The summed E-state index contributed by atoms with van der Waals surface area (Å²) in [4.78, 5) is 19.8. The van der Waals surface area contributed by atoms with Gasteiger partial charge in [-0.3, -0.25) is 4.90 Å². The van der Waals surface area contributed by atoms with E-state index in [9.17, 15) is 9.18 Å². The molecule has 1 aliphatic carbocycles. The smallest absolute Gasteiger partial charge is 0.414 e. The largest absolute Gasteiger partial charge is 0.449 e. The second kappa shape index (κ2) is 10.3. The zero-order valence-electron chi connectivity index (χ0n) is 22.1. The van der Waals surface area contributed by atoms with Crippen LogP contribution in [0.5, 0.6) is 0 Å². The molecule has 2 aromatic carbocycles. The van der Waals surface area contributed by atoms with E-state index < -0.39 is 18.0 Å². The van der Waals surface area contributed by atoms with Gasteiger partial charge in [-0.05, 0) is 75.4 Å². The van der Waals surface area contributed by atoms with Crippen LogP contribution < -0.4 is 4.90 Å². The van der Waals surface area contributed by atoms with Crippen LogP contribution in [0.3, 0.4) is 0 Å². The lowest BCUT2D eigenvalue weighted by Crippen LogP contribution is -2.42. The molecular formula is C29H30ClFN4O4. The Morgan fingerprint density at radius 2 is 1.87 bits per heavy atom. The van der Waals surface area contributed by atoms with Crippen LogP contribution in [0.4, 0.5) is 14.9 Å². The summed E-state index contributed by atoms with van der Waals surface area (Å²) in [6.07, 6.45) is 3.95. The first-order valence-corrected chi connectivity index (χ1v) is 13.6. The van der Waals surface area contributed by atoms with Gasteiger partial charge in [0.2, 0.25) is 0 Å². The number of nitrogens with zero attached hydrogens (tertiary/aromatic N) is 4. The van der Waals surface area contributed by atoms with Gasteiger partial charge in [0, 0.05) is 25.1 Å². The molecule has 6 rings (SSSR count). The summed E-state index contributed by atoms with van der Waals surface area (Å²) in [5.41, 5.74) is 4.92. The third-order valence-electron chi connectivity index (χ3n) is 7.99. The molecule has 10 heteroatoms. The zero-order valence-corrected chi connectivity index (χ0v) is 22.9. The topological polar surface area (TPSA) is 82.6 Å². The van der Waals surface area contributed by atoms with Crippen LogP contribution in [0.15, 0.2) is 40.9 Å². The molecule has 39 heavy (non-hydrogen) atoms. The first-order valence-electron chi connectivity index (χ1n) is 13.2. The Morgan fingerprint density at radius 3 is 2.56 bits per heavy atom. The second-order valence-corrected chi connectivity index (χ2v) is 10.7. The number of carbonyl (C=O) groups excluding carboxylic acids is 1. The number of rotatable bonds is 5. The molecule has 2 aliphatic rings. The molecule has 4 aromatic rings. The molecule has 1 saturated heterocycles. The third-order valence-corrected chi connectivity index (χ3v) is 8.29. The first kappa shape index (κ1) is 25.8. The van der Waals surface area contributed by atoms with E-state index in [-0.39, 0.29) is 23.8 Å². The fraction of sp³-hybridized carbons (Fsp3) is 0.414. The Hall–Kier alpha value is -3.43. The minimum Gasteiger partial charge on any atom is -0.449 e. The van der Waals surface area contributed by atoms with Crippen LogP contribution in [0.1, 0.15) is 61.5 Å². The summed E-state index contributed by atoms with van der Waals surface area (Å²) in [7, 11) is 1.76. The lowest BCUT2D eigenvalue weighted by Gasteiger charge is -2.37. The SMILES string of the molecule is COC1CCC(n2c(C3CCOC(=O)N3c3ccc(Cl)c(F)c3)nc3cc(-c4c(C)noc4C)ccc32)CC1. The van der Waals surface area contributed by atoms with Crippen molar-refractivity contribution in [1.29, 1.82) is 0 Å². The first-order chi connectivity index (χ1) is 18.9. The molecule has 8 nitrogen and oxygen atoms in total. The van der Waals surface area contributed by atoms with Gasteiger partial charge in [0.15, 0.2) is 0 Å². The second-order valence-electron chi connectivity index (χ2n) is 10.3. The van der Waals surface area contributed by atoms with Crippen molar-refractivity contribution in [2.45, 2.75) is 64.1 Å².